The van der Waals surface area contributed by atoms with Crippen LogP contribution in [0.2, 0.25) is 0 Å². The highest BCUT2D eigenvalue weighted by atomic mass is 32.1. The summed E-state index contributed by atoms with van der Waals surface area (Å²) in [6, 6.07) is 8.52. The maximum absolute atomic E-state index is 12.5. The fourth-order valence-corrected chi connectivity index (χ4v) is 4.91. The maximum Gasteiger partial charge on any atom is 0.270 e. The molecule has 0 saturated heterocycles. The summed E-state index contributed by atoms with van der Waals surface area (Å²) in [6.07, 6.45) is 4.85. The number of nitrogens with zero attached hydrogens (tertiary/aromatic N) is 2. The summed E-state index contributed by atoms with van der Waals surface area (Å²) in [5, 5.41) is 7.87. The average molecular weight is 413 g/mol. The smallest absolute Gasteiger partial charge is 0.270 e. The summed E-state index contributed by atoms with van der Waals surface area (Å²) in [4.78, 5) is 30.9. The number of hydrogen-bond donors (Lipinski definition) is 2. The third-order valence-electron chi connectivity index (χ3n) is 6.10. The fraction of sp³-hybridized carbons (Fsp3) is 0.500. The molecule has 1 aliphatic carbocycles. The number of hydrogen-bond acceptors (Lipinski definition) is 5. The summed E-state index contributed by atoms with van der Waals surface area (Å²) in [5.41, 5.74) is 4.87. The first kappa shape index (κ1) is 19.9. The van der Waals surface area contributed by atoms with Crippen LogP contribution in [0.1, 0.15) is 41.7 Å². The average Bonchev–Trinajstić information content (AvgIpc) is 3.43. The lowest BCUT2D eigenvalue weighted by molar-refractivity contribution is -0.126. The minimum atomic E-state index is -0.102. The van der Waals surface area contributed by atoms with E-state index in [0.29, 0.717) is 24.7 Å². The SMILES string of the molecule is O=C(NCC1CCC(C(=O)NCCN2CCc3ccccc32)CC1)c1cscn1. The number of fused-ring (bicyclic) bond motifs is 1. The number of anilines is 1. The fourth-order valence-electron chi connectivity index (χ4n) is 4.38. The van der Waals surface area contributed by atoms with Crippen molar-refractivity contribution in [1.82, 2.24) is 15.6 Å². The molecule has 0 atom stereocenters. The monoisotopic (exact) mass is 412 g/mol. The molecule has 1 aromatic heterocycles. The summed E-state index contributed by atoms with van der Waals surface area (Å²) in [6.45, 7) is 3.25. The molecule has 29 heavy (non-hydrogen) atoms. The van der Waals surface area contributed by atoms with Crippen LogP contribution in [-0.4, -0.2) is 43.0 Å². The van der Waals surface area contributed by atoms with E-state index in [1.807, 2.05) is 0 Å². The van der Waals surface area contributed by atoms with Crippen molar-refractivity contribution in [2.24, 2.45) is 11.8 Å². The van der Waals surface area contributed by atoms with Gasteiger partial charge in [0.1, 0.15) is 5.69 Å². The molecule has 0 radical (unpaired) electrons. The molecule has 0 spiro atoms. The van der Waals surface area contributed by atoms with E-state index >= 15 is 0 Å². The van der Waals surface area contributed by atoms with Gasteiger partial charge in [-0.25, -0.2) is 4.98 Å². The lowest BCUT2D eigenvalue weighted by Gasteiger charge is -2.28. The Hall–Kier alpha value is -2.41. The van der Waals surface area contributed by atoms with Crippen LogP contribution >= 0.6 is 11.3 Å². The highest BCUT2D eigenvalue weighted by molar-refractivity contribution is 7.07. The number of carbonyl (C=O) groups is 2. The van der Waals surface area contributed by atoms with E-state index in [2.05, 4.69) is 44.8 Å². The topological polar surface area (TPSA) is 74.3 Å². The molecule has 1 aromatic carbocycles. The second-order valence-corrected chi connectivity index (χ2v) is 8.68. The van der Waals surface area contributed by atoms with Crippen LogP contribution in [-0.2, 0) is 11.2 Å². The van der Waals surface area contributed by atoms with E-state index in [4.69, 9.17) is 0 Å². The van der Waals surface area contributed by atoms with Gasteiger partial charge in [0, 0.05) is 43.2 Å². The van der Waals surface area contributed by atoms with Crippen LogP contribution in [0.15, 0.2) is 35.2 Å². The first-order valence-electron chi connectivity index (χ1n) is 10.5. The van der Waals surface area contributed by atoms with Crippen LogP contribution in [0.5, 0.6) is 0 Å². The van der Waals surface area contributed by atoms with Gasteiger partial charge in [-0.1, -0.05) is 18.2 Å². The third-order valence-corrected chi connectivity index (χ3v) is 6.68. The molecule has 2 aromatic rings. The van der Waals surface area contributed by atoms with E-state index in [1.165, 1.54) is 22.6 Å². The van der Waals surface area contributed by atoms with Crippen molar-refractivity contribution in [3.63, 3.8) is 0 Å². The van der Waals surface area contributed by atoms with Crippen molar-refractivity contribution in [2.75, 3.05) is 31.1 Å². The van der Waals surface area contributed by atoms with E-state index in [-0.39, 0.29) is 17.7 Å². The van der Waals surface area contributed by atoms with Crippen molar-refractivity contribution >= 4 is 28.8 Å². The Kier molecular flexibility index (Phi) is 6.44. The van der Waals surface area contributed by atoms with Gasteiger partial charge in [0.2, 0.25) is 5.91 Å². The van der Waals surface area contributed by atoms with E-state index in [1.54, 1.807) is 10.9 Å². The zero-order valence-corrected chi connectivity index (χ0v) is 17.4. The Labute approximate surface area is 175 Å². The highest BCUT2D eigenvalue weighted by Gasteiger charge is 2.27. The first-order valence-corrected chi connectivity index (χ1v) is 11.4. The highest BCUT2D eigenvalue weighted by Crippen LogP contribution is 2.29. The molecule has 6 nitrogen and oxygen atoms in total. The number of para-hydroxylation sites is 1. The lowest BCUT2D eigenvalue weighted by Crippen LogP contribution is -2.39. The van der Waals surface area contributed by atoms with Crippen molar-refractivity contribution in [2.45, 2.75) is 32.1 Å². The summed E-state index contributed by atoms with van der Waals surface area (Å²) in [5.74, 6) is 0.631. The van der Waals surface area contributed by atoms with E-state index in [0.717, 1.165) is 45.2 Å². The van der Waals surface area contributed by atoms with Crippen LogP contribution < -0.4 is 15.5 Å². The molecular weight excluding hydrogens is 384 g/mol. The molecule has 2 N–H and O–H groups in total. The number of thiazole rings is 1. The number of rotatable bonds is 7. The van der Waals surface area contributed by atoms with E-state index < -0.39 is 0 Å². The van der Waals surface area contributed by atoms with Crippen LogP contribution in [0, 0.1) is 11.8 Å². The molecule has 0 unspecified atom stereocenters. The van der Waals surface area contributed by atoms with Gasteiger partial charge in [0.15, 0.2) is 0 Å². The van der Waals surface area contributed by atoms with Gasteiger partial charge in [-0.3, -0.25) is 9.59 Å². The Morgan fingerprint density at radius 3 is 2.76 bits per heavy atom. The first-order chi connectivity index (χ1) is 14.2. The molecule has 154 valence electrons. The van der Waals surface area contributed by atoms with Gasteiger partial charge >= 0.3 is 0 Å². The predicted octanol–water partition coefficient (Wildman–Crippen LogP) is 2.86. The molecule has 1 aliphatic heterocycles. The van der Waals surface area contributed by atoms with Crippen LogP contribution in [0.3, 0.4) is 0 Å². The van der Waals surface area contributed by atoms with Gasteiger partial charge in [-0.05, 0) is 49.7 Å². The second kappa shape index (κ2) is 9.39. The standard InChI is InChI=1S/C22H28N4O2S/c27-21(23-10-12-26-11-9-17-3-1-2-4-20(17)26)18-7-5-16(6-8-18)13-24-22(28)19-14-29-15-25-19/h1-4,14-16,18H,5-13H2,(H,23,27)(H,24,28). The minimum Gasteiger partial charge on any atom is -0.369 e. The molecule has 1 fully saturated rings. The Morgan fingerprint density at radius 1 is 1.14 bits per heavy atom. The van der Waals surface area contributed by atoms with Crippen LogP contribution in [0.4, 0.5) is 5.69 Å². The summed E-state index contributed by atoms with van der Waals surface area (Å²) >= 11 is 1.42. The summed E-state index contributed by atoms with van der Waals surface area (Å²) < 4.78 is 0. The zero-order valence-electron chi connectivity index (χ0n) is 16.6. The largest absolute Gasteiger partial charge is 0.369 e. The number of aromatic nitrogens is 1. The number of carbonyl (C=O) groups excluding carboxylic acids is 2. The molecular formula is C22H28N4O2S. The van der Waals surface area contributed by atoms with E-state index in [9.17, 15) is 9.59 Å². The Morgan fingerprint density at radius 2 is 1.97 bits per heavy atom. The second-order valence-electron chi connectivity index (χ2n) is 7.96. The maximum atomic E-state index is 12.5. The Bertz CT molecular complexity index is 831. The van der Waals surface area contributed by atoms with Gasteiger partial charge < -0.3 is 15.5 Å². The van der Waals surface area contributed by atoms with Crippen molar-refractivity contribution in [3.05, 3.63) is 46.4 Å². The molecule has 2 heterocycles. The van der Waals surface area contributed by atoms with Crippen molar-refractivity contribution < 1.29 is 9.59 Å². The summed E-state index contributed by atoms with van der Waals surface area (Å²) in [7, 11) is 0. The number of amides is 2. The number of nitrogens with one attached hydrogen (secondary N) is 2. The van der Waals surface area contributed by atoms with Crippen LogP contribution in [0.25, 0.3) is 0 Å². The molecule has 0 bridgehead atoms. The molecule has 7 heteroatoms. The van der Waals surface area contributed by atoms with Gasteiger partial charge in [0.25, 0.3) is 5.91 Å². The van der Waals surface area contributed by atoms with Gasteiger partial charge in [-0.2, -0.15) is 0 Å². The normalized spacial score (nSPS) is 20.9. The molecule has 2 amide bonds. The third kappa shape index (κ3) is 4.96. The number of benzene rings is 1. The molecule has 4 rings (SSSR count). The van der Waals surface area contributed by atoms with Crippen molar-refractivity contribution in [3.8, 4) is 0 Å². The zero-order chi connectivity index (χ0) is 20.1. The minimum absolute atomic E-state index is 0.102. The quantitative estimate of drug-likeness (QED) is 0.733. The molecule has 2 aliphatic rings. The van der Waals surface area contributed by atoms with Gasteiger partial charge in [0.05, 0.1) is 5.51 Å². The predicted molar refractivity (Wildman–Crippen MR) is 115 cm³/mol. The lowest BCUT2D eigenvalue weighted by atomic mass is 9.81. The van der Waals surface area contributed by atoms with Crippen molar-refractivity contribution in [1.29, 1.82) is 0 Å². The molecule has 1 saturated carbocycles. The Balaban J connectivity index is 1.14. The van der Waals surface area contributed by atoms with Gasteiger partial charge in [-0.15, -0.1) is 11.3 Å².